The molecule has 0 aliphatic heterocycles. The third-order valence-corrected chi connectivity index (χ3v) is 11.2. The van der Waals surface area contributed by atoms with E-state index in [1.165, 1.54) is 22.3 Å². The van der Waals surface area contributed by atoms with Crippen molar-refractivity contribution in [3.63, 3.8) is 0 Å². The second-order valence-electron chi connectivity index (χ2n) is 14.8. The Hall–Kier alpha value is -7.95. The van der Waals surface area contributed by atoms with Crippen LogP contribution in [0.4, 0.5) is 0 Å². The Kier molecular flexibility index (Phi) is 8.45. The van der Waals surface area contributed by atoms with E-state index in [4.69, 9.17) is 19.4 Å². The Morgan fingerprint density at radius 1 is 0.288 bits per heavy atom. The third-order valence-electron chi connectivity index (χ3n) is 11.2. The molecule has 0 aliphatic carbocycles. The molecule has 0 atom stereocenters. The molecule has 2 heterocycles. The van der Waals surface area contributed by atoms with Gasteiger partial charge in [0.15, 0.2) is 17.5 Å². The van der Waals surface area contributed by atoms with E-state index in [2.05, 4.69) is 188 Å². The Bertz CT molecular complexity index is 3290. The second-order valence-corrected chi connectivity index (χ2v) is 14.8. The summed E-state index contributed by atoms with van der Waals surface area (Å²) in [5, 5.41) is 4.19. The summed E-state index contributed by atoms with van der Waals surface area (Å²) in [4.78, 5) is 15.6. The molecule has 276 valence electrons. The van der Waals surface area contributed by atoms with Crippen molar-refractivity contribution in [2.24, 2.45) is 0 Å². The summed E-state index contributed by atoms with van der Waals surface area (Å²) in [6.45, 7) is 0. The smallest absolute Gasteiger partial charge is 0.164 e. The van der Waals surface area contributed by atoms with Crippen molar-refractivity contribution in [2.75, 3.05) is 0 Å². The largest absolute Gasteiger partial charge is 0.455 e. The van der Waals surface area contributed by atoms with Gasteiger partial charge in [0, 0.05) is 33.0 Å². The van der Waals surface area contributed by atoms with E-state index in [0.717, 1.165) is 71.7 Å². The Morgan fingerprint density at radius 2 is 0.746 bits per heavy atom. The lowest BCUT2D eigenvalue weighted by Crippen LogP contribution is -2.01. The first-order valence-electron chi connectivity index (χ1n) is 19.8. The number of aromatic nitrogens is 3. The number of fused-ring (bicyclic) bond motifs is 4. The van der Waals surface area contributed by atoms with E-state index in [1.807, 2.05) is 24.3 Å². The summed E-state index contributed by atoms with van der Waals surface area (Å²) >= 11 is 0. The minimum atomic E-state index is 0.587. The number of furan rings is 1. The van der Waals surface area contributed by atoms with E-state index >= 15 is 0 Å². The van der Waals surface area contributed by atoms with Crippen LogP contribution in [0.15, 0.2) is 217 Å². The fourth-order valence-electron chi connectivity index (χ4n) is 8.22. The second kappa shape index (κ2) is 14.5. The van der Waals surface area contributed by atoms with Gasteiger partial charge in [-0.1, -0.05) is 200 Å². The SMILES string of the molecule is c1ccc(-c2ccc(-c3cccc4c3oc3cccc(-c5nc(-c6ccc(-c7cccc(-c8ccccc8)c7)cc6)nc(-c6cccc7ccccc67)n5)c34)cc2)cc1. The molecule has 11 rings (SSSR count). The minimum Gasteiger partial charge on any atom is -0.455 e. The van der Waals surface area contributed by atoms with Crippen LogP contribution < -0.4 is 0 Å². The molecule has 2 aromatic heterocycles. The molecule has 0 fully saturated rings. The van der Waals surface area contributed by atoms with Gasteiger partial charge in [-0.3, -0.25) is 0 Å². The molecule has 0 bridgehead atoms. The Labute approximate surface area is 341 Å². The zero-order chi connectivity index (χ0) is 39.1. The van der Waals surface area contributed by atoms with Crippen LogP contribution in [0.2, 0.25) is 0 Å². The number of rotatable bonds is 7. The Balaban J connectivity index is 1.04. The van der Waals surface area contributed by atoms with E-state index in [1.54, 1.807) is 0 Å². The van der Waals surface area contributed by atoms with Gasteiger partial charge in [-0.2, -0.15) is 0 Å². The van der Waals surface area contributed by atoms with Gasteiger partial charge in [-0.15, -0.1) is 0 Å². The maximum atomic E-state index is 6.72. The van der Waals surface area contributed by atoms with Gasteiger partial charge < -0.3 is 4.42 Å². The van der Waals surface area contributed by atoms with Crippen molar-refractivity contribution >= 4 is 32.7 Å². The van der Waals surface area contributed by atoms with Crippen LogP contribution in [0.1, 0.15) is 0 Å². The van der Waals surface area contributed by atoms with Crippen LogP contribution in [0.5, 0.6) is 0 Å². The predicted octanol–water partition coefficient (Wildman–Crippen LogP) is 14.6. The number of para-hydroxylation sites is 1. The lowest BCUT2D eigenvalue weighted by atomic mass is 9.98. The quantitative estimate of drug-likeness (QED) is 0.163. The first-order valence-corrected chi connectivity index (χ1v) is 19.8. The molecule has 0 radical (unpaired) electrons. The van der Waals surface area contributed by atoms with Crippen LogP contribution in [0.25, 0.3) is 111 Å². The van der Waals surface area contributed by atoms with Crippen LogP contribution in [-0.4, -0.2) is 15.0 Å². The van der Waals surface area contributed by atoms with Gasteiger partial charge in [0.2, 0.25) is 0 Å². The molecule has 0 saturated carbocycles. The molecular formula is C55H35N3O. The number of benzene rings is 9. The van der Waals surface area contributed by atoms with Crippen LogP contribution in [0, 0.1) is 0 Å². The van der Waals surface area contributed by atoms with E-state index in [0.29, 0.717) is 17.5 Å². The van der Waals surface area contributed by atoms with Gasteiger partial charge in [0.05, 0.1) is 0 Å². The summed E-state index contributed by atoms with van der Waals surface area (Å²) in [6, 6.07) is 74.0. The molecule has 11 aromatic rings. The summed E-state index contributed by atoms with van der Waals surface area (Å²) in [7, 11) is 0. The normalized spacial score (nSPS) is 11.4. The molecule has 0 aliphatic rings. The summed E-state index contributed by atoms with van der Waals surface area (Å²) in [5.74, 6) is 1.81. The number of hydrogen-bond acceptors (Lipinski definition) is 4. The van der Waals surface area contributed by atoms with E-state index in [-0.39, 0.29) is 0 Å². The average molecular weight is 754 g/mol. The lowest BCUT2D eigenvalue weighted by Gasteiger charge is -2.11. The molecule has 0 saturated heterocycles. The molecule has 0 unspecified atom stereocenters. The lowest BCUT2D eigenvalue weighted by molar-refractivity contribution is 0.670. The molecule has 0 spiro atoms. The van der Waals surface area contributed by atoms with Crippen molar-refractivity contribution in [2.45, 2.75) is 0 Å². The molecule has 4 nitrogen and oxygen atoms in total. The van der Waals surface area contributed by atoms with Crippen molar-refractivity contribution < 1.29 is 4.42 Å². The monoisotopic (exact) mass is 753 g/mol. The molecule has 4 heteroatoms. The van der Waals surface area contributed by atoms with Crippen LogP contribution in [0.3, 0.4) is 0 Å². The van der Waals surface area contributed by atoms with E-state index in [9.17, 15) is 0 Å². The molecule has 0 N–H and O–H groups in total. The zero-order valence-electron chi connectivity index (χ0n) is 32.0. The summed E-state index contributed by atoms with van der Waals surface area (Å²) in [6.07, 6.45) is 0. The number of hydrogen-bond donors (Lipinski definition) is 0. The first kappa shape index (κ1) is 34.3. The highest BCUT2D eigenvalue weighted by atomic mass is 16.3. The Morgan fingerprint density at radius 3 is 1.49 bits per heavy atom. The van der Waals surface area contributed by atoms with E-state index < -0.39 is 0 Å². The molecule has 9 aromatic carbocycles. The topological polar surface area (TPSA) is 51.8 Å². The maximum Gasteiger partial charge on any atom is 0.164 e. The third kappa shape index (κ3) is 6.34. The fraction of sp³-hybridized carbons (Fsp3) is 0. The van der Waals surface area contributed by atoms with Crippen molar-refractivity contribution in [3.8, 4) is 78.7 Å². The molecule has 59 heavy (non-hydrogen) atoms. The zero-order valence-corrected chi connectivity index (χ0v) is 32.0. The average Bonchev–Trinajstić information content (AvgIpc) is 3.71. The van der Waals surface area contributed by atoms with Gasteiger partial charge in [-0.25, -0.2) is 15.0 Å². The van der Waals surface area contributed by atoms with Gasteiger partial charge >= 0.3 is 0 Å². The highest BCUT2D eigenvalue weighted by molar-refractivity contribution is 6.15. The van der Waals surface area contributed by atoms with Crippen molar-refractivity contribution in [1.82, 2.24) is 15.0 Å². The van der Waals surface area contributed by atoms with Crippen molar-refractivity contribution in [3.05, 3.63) is 212 Å². The maximum absolute atomic E-state index is 6.72. The van der Waals surface area contributed by atoms with Crippen molar-refractivity contribution in [1.29, 1.82) is 0 Å². The van der Waals surface area contributed by atoms with Gasteiger partial charge in [0.1, 0.15) is 11.2 Å². The standard InChI is InChI=1S/C55H35N3O/c1-3-13-36(14-4-1)38-27-31-41(32-28-38)46-22-11-24-48-51-49(25-12-26-50(51)59-52(46)48)55-57-53(56-54(58-55)47-23-10-18-40-17-7-8-21-45(40)47)42-33-29-39(30-34-42)44-20-9-19-43(35-44)37-15-5-2-6-16-37/h1-35H. The number of nitrogens with zero attached hydrogens (tertiary/aromatic N) is 3. The highest BCUT2D eigenvalue weighted by Gasteiger charge is 2.20. The fourth-order valence-corrected chi connectivity index (χ4v) is 8.22. The summed E-state index contributed by atoms with van der Waals surface area (Å²) < 4.78 is 6.72. The minimum absolute atomic E-state index is 0.587. The van der Waals surface area contributed by atoms with Crippen LogP contribution in [-0.2, 0) is 0 Å². The first-order chi connectivity index (χ1) is 29.2. The summed E-state index contributed by atoms with van der Waals surface area (Å²) in [5.41, 5.74) is 13.5. The van der Waals surface area contributed by atoms with Gasteiger partial charge in [0.25, 0.3) is 0 Å². The predicted molar refractivity (Wildman–Crippen MR) is 243 cm³/mol. The highest BCUT2D eigenvalue weighted by Crippen LogP contribution is 2.41. The van der Waals surface area contributed by atoms with Crippen LogP contribution >= 0.6 is 0 Å². The molecular weight excluding hydrogens is 719 g/mol. The molecule has 0 amide bonds. The van der Waals surface area contributed by atoms with Gasteiger partial charge in [-0.05, 0) is 61.8 Å².